The van der Waals surface area contributed by atoms with E-state index >= 15 is 0 Å². The summed E-state index contributed by atoms with van der Waals surface area (Å²) in [5, 5.41) is 0. The Morgan fingerprint density at radius 1 is 1.54 bits per heavy atom. The molecule has 2 N–H and O–H groups in total. The van der Waals surface area contributed by atoms with Crippen LogP contribution in [0.5, 0.6) is 0 Å². The maximum absolute atomic E-state index is 5.87. The summed E-state index contributed by atoms with van der Waals surface area (Å²) in [4.78, 5) is 4.35. The summed E-state index contributed by atoms with van der Waals surface area (Å²) in [6, 6.07) is 2.01. The van der Waals surface area contributed by atoms with Gasteiger partial charge in [0.1, 0.15) is 0 Å². The third-order valence-electron chi connectivity index (χ3n) is 2.63. The summed E-state index contributed by atoms with van der Waals surface area (Å²) in [7, 11) is 0. The zero-order valence-corrected chi connectivity index (χ0v) is 8.09. The topological polar surface area (TPSA) is 38.9 Å². The molecule has 13 heavy (non-hydrogen) atoms. The third-order valence-corrected chi connectivity index (χ3v) is 2.63. The molecule has 0 aromatic carbocycles. The predicted molar refractivity (Wildman–Crippen MR) is 54.4 cm³/mol. The highest BCUT2D eigenvalue weighted by molar-refractivity contribution is 5.44. The van der Waals surface area contributed by atoms with Crippen LogP contribution in [0.2, 0.25) is 0 Å². The molecule has 1 aromatic heterocycles. The Balaban J connectivity index is 2.01. The molecule has 0 spiro atoms. The van der Waals surface area contributed by atoms with Gasteiger partial charge in [0.15, 0.2) is 0 Å². The van der Waals surface area contributed by atoms with Crippen LogP contribution in [0.15, 0.2) is 12.3 Å². The molecule has 1 saturated carbocycles. The molecule has 0 bridgehead atoms. The van der Waals surface area contributed by atoms with Crippen LogP contribution in [-0.4, -0.2) is 4.98 Å². The van der Waals surface area contributed by atoms with Gasteiger partial charge < -0.3 is 5.73 Å². The van der Waals surface area contributed by atoms with E-state index in [1.54, 1.807) is 0 Å². The lowest BCUT2D eigenvalue weighted by Crippen LogP contribution is -1.99. The Kier molecular flexibility index (Phi) is 2.21. The Morgan fingerprint density at radius 2 is 2.31 bits per heavy atom. The molecule has 1 aliphatic rings. The molecule has 2 nitrogen and oxygen atoms in total. The van der Waals surface area contributed by atoms with E-state index in [1.165, 1.54) is 19.3 Å². The fourth-order valence-corrected chi connectivity index (χ4v) is 1.58. The molecule has 0 atom stereocenters. The van der Waals surface area contributed by atoms with E-state index in [0.29, 0.717) is 0 Å². The zero-order valence-electron chi connectivity index (χ0n) is 8.09. The normalized spacial score (nSPS) is 16.1. The van der Waals surface area contributed by atoms with Crippen LogP contribution in [0.3, 0.4) is 0 Å². The molecule has 1 aliphatic carbocycles. The molecular weight excluding hydrogens is 160 g/mol. The van der Waals surface area contributed by atoms with Gasteiger partial charge in [-0.25, -0.2) is 0 Å². The van der Waals surface area contributed by atoms with E-state index in [0.717, 1.165) is 29.3 Å². The van der Waals surface area contributed by atoms with Crippen molar-refractivity contribution in [3.05, 3.63) is 23.5 Å². The van der Waals surface area contributed by atoms with E-state index < -0.39 is 0 Å². The molecule has 1 aromatic rings. The van der Waals surface area contributed by atoms with Crippen molar-refractivity contribution in [2.24, 2.45) is 5.92 Å². The zero-order chi connectivity index (χ0) is 9.26. The highest BCUT2D eigenvalue weighted by atomic mass is 14.7. The molecule has 1 fully saturated rings. The van der Waals surface area contributed by atoms with Gasteiger partial charge in [-0.1, -0.05) is 12.8 Å². The summed E-state index contributed by atoms with van der Waals surface area (Å²) in [6.07, 6.45) is 7.03. The van der Waals surface area contributed by atoms with Crippen molar-refractivity contribution >= 4 is 5.69 Å². The predicted octanol–water partition coefficient (Wildman–Crippen LogP) is 2.31. The Morgan fingerprint density at radius 3 is 2.92 bits per heavy atom. The van der Waals surface area contributed by atoms with Crippen molar-refractivity contribution < 1.29 is 0 Å². The molecule has 70 valence electrons. The lowest BCUT2D eigenvalue weighted by molar-refractivity contribution is 0.715. The third kappa shape index (κ3) is 2.20. The summed E-state index contributed by atoms with van der Waals surface area (Å²) >= 11 is 0. The van der Waals surface area contributed by atoms with E-state index in [2.05, 4.69) is 4.98 Å². The first-order chi connectivity index (χ1) is 6.25. The first-order valence-electron chi connectivity index (χ1n) is 4.96. The van der Waals surface area contributed by atoms with Crippen LogP contribution in [0.4, 0.5) is 5.69 Å². The lowest BCUT2D eigenvalue weighted by atomic mass is 10.1. The average Bonchev–Trinajstić information content (AvgIpc) is 2.86. The Labute approximate surface area is 79.2 Å². The monoisotopic (exact) mass is 176 g/mol. The maximum atomic E-state index is 5.87. The van der Waals surface area contributed by atoms with Crippen molar-refractivity contribution in [2.45, 2.75) is 32.6 Å². The molecule has 1 heterocycles. The lowest BCUT2D eigenvalue weighted by Gasteiger charge is -2.04. The number of nitrogens with zero attached hydrogens (tertiary/aromatic N) is 1. The number of rotatable bonds is 3. The summed E-state index contributed by atoms with van der Waals surface area (Å²) in [6.45, 7) is 2.02. The van der Waals surface area contributed by atoms with Crippen LogP contribution in [0, 0.1) is 12.8 Å². The molecule has 0 saturated heterocycles. The standard InChI is InChI=1S/C11H16N2/c1-8-6-10(12)11(13-7-8)5-4-9-2-3-9/h6-7,9H,2-5,12H2,1H3. The minimum Gasteiger partial charge on any atom is -0.397 e. The minimum atomic E-state index is 0.862. The van der Waals surface area contributed by atoms with Gasteiger partial charge in [-0.2, -0.15) is 0 Å². The highest BCUT2D eigenvalue weighted by Gasteiger charge is 2.21. The smallest absolute Gasteiger partial charge is 0.0632 e. The number of anilines is 1. The summed E-state index contributed by atoms with van der Waals surface area (Å²) in [5.41, 5.74) is 8.95. The van der Waals surface area contributed by atoms with Crippen LogP contribution in [0.1, 0.15) is 30.5 Å². The van der Waals surface area contributed by atoms with Crippen LogP contribution < -0.4 is 5.73 Å². The van der Waals surface area contributed by atoms with Crippen molar-refractivity contribution in [1.82, 2.24) is 4.98 Å². The maximum Gasteiger partial charge on any atom is 0.0632 e. The van der Waals surface area contributed by atoms with E-state index in [-0.39, 0.29) is 0 Å². The number of hydrogen-bond acceptors (Lipinski definition) is 2. The van der Waals surface area contributed by atoms with Crippen LogP contribution in [0.25, 0.3) is 0 Å². The van der Waals surface area contributed by atoms with Crippen molar-refractivity contribution in [2.75, 3.05) is 5.73 Å². The van der Waals surface area contributed by atoms with Gasteiger partial charge in [0.05, 0.1) is 11.4 Å². The second-order valence-corrected chi connectivity index (χ2v) is 4.03. The van der Waals surface area contributed by atoms with Gasteiger partial charge in [-0.15, -0.1) is 0 Å². The largest absolute Gasteiger partial charge is 0.397 e. The fourth-order valence-electron chi connectivity index (χ4n) is 1.58. The highest BCUT2D eigenvalue weighted by Crippen LogP contribution is 2.33. The summed E-state index contributed by atoms with van der Waals surface area (Å²) in [5.74, 6) is 0.961. The number of hydrogen-bond donors (Lipinski definition) is 1. The number of aromatic nitrogens is 1. The molecular formula is C11H16N2. The van der Waals surface area contributed by atoms with Crippen molar-refractivity contribution in [3.63, 3.8) is 0 Å². The quantitative estimate of drug-likeness (QED) is 0.767. The van der Waals surface area contributed by atoms with Crippen molar-refractivity contribution in [1.29, 1.82) is 0 Å². The Bertz CT molecular complexity index is 303. The van der Waals surface area contributed by atoms with E-state index in [9.17, 15) is 0 Å². The van der Waals surface area contributed by atoms with E-state index in [1.807, 2.05) is 19.2 Å². The molecule has 0 amide bonds. The fraction of sp³-hybridized carbons (Fsp3) is 0.545. The number of nitrogens with two attached hydrogens (primary N) is 1. The average molecular weight is 176 g/mol. The summed E-state index contributed by atoms with van der Waals surface area (Å²) < 4.78 is 0. The van der Waals surface area contributed by atoms with Gasteiger partial charge in [-0.3, -0.25) is 4.98 Å². The van der Waals surface area contributed by atoms with Crippen LogP contribution in [-0.2, 0) is 6.42 Å². The Hall–Kier alpha value is -1.05. The van der Waals surface area contributed by atoms with Crippen molar-refractivity contribution in [3.8, 4) is 0 Å². The first kappa shape index (κ1) is 8.54. The molecule has 0 aliphatic heterocycles. The van der Waals surface area contributed by atoms with Gasteiger partial charge in [0.25, 0.3) is 0 Å². The second-order valence-electron chi connectivity index (χ2n) is 4.03. The van der Waals surface area contributed by atoms with Gasteiger partial charge >= 0.3 is 0 Å². The second kappa shape index (κ2) is 3.36. The number of aryl methyl sites for hydroxylation is 2. The van der Waals surface area contributed by atoms with Gasteiger partial charge in [0, 0.05) is 6.20 Å². The molecule has 2 heteroatoms. The SMILES string of the molecule is Cc1cnc(CCC2CC2)c(N)c1. The molecule has 2 rings (SSSR count). The van der Waals surface area contributed by atoms with Gasteiger partial charge in [-0.05, 0) is 37.3 Å². The van der Waals surface area contributed by atoms with Crippen LogP contribution >= 0.6 is 0 Å². The first-order valence-corrected chi connectivity index (χ1v) is 4.96. The van der Waals surface area contributed by atoms with Gasteiger partial charge in [0.2, 0.25) is 0 Å². The molecule has 0 radical (unpaired) electrons. The van der Waals surface area contributed by atoms with E-state index in [4.69, 9.17) is 5.73 Å². The minimum absolute atomic E-state index is 0.862. The number of pyridine rings is 1. The number of nitrogen functional groups attached to an aromatic ring is 1. The molecule has 0 unspecified atom stereocenters.